The molecule has 1 aromatic rings. The van der Waals surface area contributed by atoms with Crippen LogP contribution in [0.25, 0.3) is 0 Å². The molecule has 3 heteroatoms. The van der Waals surface area contributed by atoms with Crippen LogP contribution in [0.1, 0.15) is 6.92 Å². The highest BCUT2D eigenvalue weighted by molar-refractivity contribution is 6.25. The molecule has 70 valence electrons. The largest absolute Gasteiger partial charge is 0.489 e. The summed E-state index contributed by atoms with van der Waals surface area (Å²) in [5, 5.41) is 0. The zero-order chi connectivity index (χ0) is 9.68. The second kappa shape index (κ2) is 4.87. The topological polar surface area (TPSA) is 9.23 Å². The van der Waals surface area contributed by atoms with Crippen LogP contribution in [0, 0.1) is 5.82 Å². The predicted octanol–water partition coefficient (Wildman–Crippen LogP) is 3.35. The van der Waals surface area contributed by atoms with Crippen LogP contribution in [-0.4, -0.2) is 6.61 Å². The Morgan fingerprint density at radius 1 is 1.46 bits per heavy atom. The minimum absolute atomic E-state index is 0.267. The zero-order valence-electron chi connectivity index (χ0n) is 7.26. The molecule has 0 unspecified atom stereocenters. The van der Waals surface area contributed by atoms with Gasteiger partial charge in [-0.05, 0) is 36.8 Å². The van der Waals surface area contributed by atoms with E-state index in [4.69, 9.17) is 16.3 Å². The summed E-state index contributed by atoms with van der Waals surface area (Å²) in [6.07, 6.45) is 0. The third-order valence-corrected chi connectivity index (χ3v) is 1.84. The van der Waals surface area contributed by atoms with Gasteiger partial charge in [0.2, 0.25) is 0 Å². The van der Waals surface area contributed by atoms with Crippen molar-refractivity contribution in [1.29, 1.82) is 0 Å². The van der Waals surface area contributed by atoms with Crippen molar-refractivity contribution in [2.24, 2.45) is 0 Å². The van der Waals surface area contributed by atoms with Gasteiger partial charge in [0.15, 0.2) is 0 Å². The molecule has 0 aliphatic heterocycles. The number of rotatable bonds is 3. The average Bonchev–Trinajstić information content (AvgIpc) is 2.16. The molecule has 0 amide bonds. The van der Waals surface area contributed by atoms with E-state index in [1.165, 1.54) is 17.7 Å². The lowest BCUT2D eigenvalue weighted by Gasteiger charge is -2.04. The lowest BCUT2D eigenvalue weighted by molar-refractivity contribution is 0.352. The quantitative estimate of drug-likeness (QED) is 0.727. The van der Waals surface area contributed by atoms with Crippen molar-refractivity contribution in [3.63, 3.8) is 0 Å². The van der Waals surface area contributed by atoms with Crippen LogP contribution in [0.2, 0.25) is 0 Å². The van der Waals surface area contributed by atoms with Crippen LogP contribution in [0.15, 0.2) is 35.4 Å². The van der Waals surface area contributed by atoms with Crippen molar-refractivity contribution in [3.05, 3.63) is 41.2 Å². The van der Waals surface area contributed by atoms with Crippen LogP contribution in [-0.2, 0) is 0 Å². The van der Waals surface area contributed by atoms with Gasteiger partial charge < -0.3 is 4.74 Å². The van der Waals surface area contributed by atoms with Crippen LogP contribution < -0.4 is 4.74 Å². The highest BCUT2D eigenvalue weighted by atomic mass is 35.5. The van der Waals surface area contributed by atoms with Gasteiger partial charge in [-0.25, -0.2) is 4.39 Å². The normalized spacial score (nSPS) is 11.5. The van der Waals surface area contributed by atoms with Crippen molar-refractivity contribution < 1.29 is 9.13 Å². The molecule has 1 rings (SSSR count). The first-order chi connectivity index (χ1) is 6.22. The summed E-state index contributed by atoms with van der Waals surface area (Å²) >= 11 is 5.44. The Balaban J connectivity index is 2.51. The van der Waals surface area contributed by atoms with E-state index < -0.39 is 0 Å². The van der Waals surface area contributed by atoms with Crippen LogP contribution in [0.4, 0.5) is 4.39 Å². The number of hydrogen-bond acceptors (Lipinski definition) is 1. The van der Waals surface area contributed by atoms with Crippen molar-refractivity contribution in [1.82, 2.24) is 0 Å². The van der Waals surface area contributed by atoms with Crippen molar-refractivity contribution in [2.75, 3.05) is 6.61 Å². The summed E-state index contributed by atoms with van der Waals surface area (Å²) in [6, 6.07) is 5.87. The second-order valence-electron chi connectivity index (χ2n) is 2.70. The molecule has 0 N–H and O–H groups in total. The summed E-state index contributed by atoms with van der Waals surface area (Å²) in [7, 11) is 0. The van der Waals surface area contributed by atoms with Gasteiger partial charge in [-0.2, -0.15) is 0 Å². The van der Waals surface area contributed by atoms with E-state index >= 15 is 0 Å². The van der Waals surface area contributed by atoms with Crippen LogP contribution in [0.5, 0.6) is 5.75 Å². The molecule has 1 aromatic carbocycles. The molecule has 1 nitrogen and oxygen atoms in total. The fourth-order valence-electron chi connectivity index (χ4n) is 0.759. The molecule has 0 saturated heterocycles. The Bertz CT molecular complexity index is 292. The maximum absolute atomic E-state index is 12.5. The summed E-state index contributed by atoms with van der Waals surface area (Å²) < 4.78 is 17.8. The molecule has 0 aliphatic carbocycles. The summed E-state index contributed by atoms with van der Waals surface area (Å²) in [6.45, 7) is 2.28. The fraction of sp³-hybridized carbons (Fsp3) is 0.200. The molecular weight excluding hydrogens is 191 g/mol. The maximum atomic E-state index is 12.5. The Hall–Kier alpha value is -1.02. The van der Waals surface area contributed by atoms with Crippen molar-refractivity contribution >= 4 is 11.6 Å². The highest BCUT2D eigenvalue weighted by Gasteiger charge is 1.94. The molecule has 0 saturated carbocycles. The summed E-state index contributed by atoms with van der Waals surface area (Å²) in [5.41, 5.74) is 2.38. The Kier molecular flexibility index (Phi) is 3.77. The summed E-state index contributed by atoms with van der Waals surface area (Å²) in [4.78, 5) is 0. The van der Waals surface area contributed by atoms with Crippen molar-refractivity contribution in [3.8, 4) is 5.75 Å². The summed E-state index contributed by atoms with van der Waals surface area (Å²) in [5.74, 6) is 0.372. The van der Waals surface area contributed by atoms with E-state index in [1.807, 2.05) is 6.92 Å². The van der Waals surface area contributed by atoms with Gasteiger partial charge >= 0.3 is 0 Å². The molecular formula is C10H10ClFO. The third kappa shape index (κ3) is 3.47. The molecule has 0 heterocycles. The number of benzene rings is 1. The van der Waals surface area contributed by atoms with Gasteiger partial charge in [-0.15, -0.1) is 0 Å². The maximum Gasteiger partial charge on any atom is 0.123 e. The molecule has 0 spiro atoms. The van der Waals surface area contributed by atoms with E-state index in [1.54, 1.807) is 12.1 Å². The minimum Gasteiger partial charge on any atom is -0.489 e. The van der Waals surface area contributed by atoms with Gasteiger partial charge in [0.05, 0.1) is 0 Å². The van der Waals surface area contributed by atoms with E-state index in [9.17, 15) is 4.39 Å². The van der Waals surface area contributed by atoms with Crippen molar-refractivity contribution in [2.45, 2.75) is 6.92 Å². The lowest BCUT2D eigenvalue weighted by Crippen LogP contribution is -1.97. The van der Waals surface area contributed by atoms with E-state index in [0.29, 0.717) is 12.4 Å². The Labute approximate surface area is 81.8 Å². The van der Waals surface area contributed by atoms with E-state index in [0.717, 1.165) is 5.57 Å². The Morgan fingerprint density at radius 3 is 2.62 bits per heavy atom. The fourth-order valence-corrected chi connectivity index (χ4v) is 0.822. The van der Waals surface area contributed by atoms with Gasteiger partial charge in [-0.3, -0.25) is 0 Å². The SMILES string of the molecule is C/C(=C/Cl)COc1ccc(F)cc1. The third-order valence-electron chi connectivity index (χ3n) is 1.47. The predicted molar refractivity (Wildman–Crippen MR) is 51.5 cm³/mol. The zero-order valence-corrected chi connectivity index (χ0v) is 8.01. The van der Waals surface area contributed by atoms with Gasteiger partial charge in [0.25, 0.3) is 0 Å². The Morgan fingerprint density at radius 2 is 2.08 bits per heavy atom. The molecule has 0 aliphatic rings. The first kappa shape index (κ1) is 10.1. The van der Waals surface area contributed by atoms with E-state index in [-0.39, 0.29) is 5.82 Å². The molecule has 13 heavy (non-hydrogen) atoms. The molecule has 0 bridgehead atoms. The number of hydrogen-bond donors (Lipinski definition) is 0. The average molecular weight is 201 g/mol. The molecule has 0 radical (unpaired) electrons. The van der Waals surface area contributed by atoms with Gasteiger partial charge in [0.1, 0.15) is 18.2 Å². The lowest BCUT2D eigenvalue weighted by atomic mass is 10.3. The number of halogens is 2. The van der Waals surface area contributed by atoms with Crippen LogP contribution in [0.3, 0.4) is 0 Å². The minimum atomic E-state index is -0.267. The van der Waals surface area contributed by atoms with Gasteiger partial charge in [0, 0.05) is 5.54 Å². The standard InChI is InChI=1S/C10H10ClFO/c1-8(6-11)7-13-10-4-2-9(12)3-5-10/h2-6H,7H2,1H3/b8-6-. The molecule has 0 atom stereocenters. The van der Waals surface area contributed by atoms with Gasteiger partial charge in [-0.1, -0.05) is 11.6 Å². The van der Waals surface area contributed by atoms with E-state index in [2.05, 4.69) is 0 Å². The number of ether oxygens (including phenoxy) is 1. The first-order valence-electron chi connectivity index (χ1n) is 3.86. The monoisotopic (exact) mass is 200 g/mol. The smallest absolute Gasteiger partial charge is 0.123 e. The molecule has 0 aromatic heterocycles. The first-order valence-corrected chi connectivity index (χ1v) is 4.30. The van der Waals surface area contributed by atoms with Crippen LogP contribution >= 0.6 is 11.6 Å². The highest BCUT2D eigenvalue weighted by Crippen LogP contribution is 2.12. The molecule has 0 fully saturated rings. The second-order valence-corrected chi connectivity index (χ2v) is 2.92.